The smallest absolute Gasteiger partial charge is 0.257 e. The van der Waals surface area contributed by atoms with E-state index in [0.29, 0.717) is 17.1 Å². The van der Waals surface area contributed by atoms with Gasteiger partial charge >= 0.3 is 0 Å². The van der Waals surface area contributed by atoms with Crippen molar-refractivity contribution >= 4 is 33.3 Å². The molecule has 1 amide bonds. The lowest BCUT2D eigenvalue weighted by Crippen LogP contribution is -2.37. The number of rotatable bonds is 3. The Bertz CT molecular complexity index is 912. The summed E-state index contributed by atoms with van der Waals surface area (Å²) in [7, 11) is -3.40. The number of hydrogen-bond donors (Lipinski definition) is 1. The van der Waals surface area contributed by atoms with Crippen molar-refractivity contribution in [1.29, 1.82) is 0 Å². The lowest BCUT2D eigenvalue weighted by atomic mass is 10.1. The van der Waals surface area contributed by atoms with Crippen LogP contribution in [0.3, 0.4) is 0 Å². The molecule has 0 unspecified atom stereocenters. The van der Waals surface area contributed by atoms with Crippen molar-refractivity contribution in [2.75, 3.05) is 35.6 Å². The number of aromatic nitrogens is 1. The maximum atomic E-state index is 12.5. The second-order valence-electron chi connectivity index (χ2n) is 6.40. The van der Waals surface area contributed by atoms with Crippen LogP contribution in [0.5, 0.6) is 0 Å². The Hall–Kier alpha value is -2.68. The highest BCUT2D eigenvalue weighted by atomic mass is 32.2. The monoisotopic (exact) mass is 373 g/mol. The first kappa shape index (κ1) is 16.8. The van der Waals surface area contributed by atoms with Crippen LogP contribution in [-0.2, 0) is 14.8 Å². The summed E-state index contributed by atoms with van der Waals surface area (Å²) in [6.45, 7) is 2.33. The lowest BCUT2D eigenvalue weighted by molar-refractivity contribution is -0.112. The summed E-state index contributed by atoms with van der Waals surface area (Å²) in [4.78, 5) is 20.8. The molecule has 0 spiro atoms. The van der Waals surface area contributed by atoms with Gasteiger partial charge in [0, 0.05) is 25.8 Å². The predicted molar refractivity (Wildman–Crippen MR) is 99.5 cm³/mol. The van der Waals surface area contributed by atoms with E-state index >= 15 is 0 Å². The van der Waals surface area contributed by atoms with Gasteiger partial charge in [0.1, 0.15) is 11.7 Å². The molecule has 0 radical (unpaired) electrons. The minimum Gasteiger partial charge on any atom is -0.357 e. The highest BCUT2D eigenvalue weighted by Gasteiger charge is 2.25. The topological polar surface area (TPSA) is 95.0 Å². The van der Waals surface area contributed by atoms with Gasteiger partial charge in [-0.3, -0.25) is 4.79 Å². The fourth-order valence-electron chi connectivity index (χ4n) is 3.13. The average Bonchev–Trinajstić information content (AvgIpc) is 3.16. The van der Waals surface area contributed by atoms with E-state index in [0.717, 1.165) is 18.9 Å². The van der Waals surface area contributed by atoms with Crippen LogP contribution in [0.15, 0.2) is 46.7 Å². The second kappa shape index (κ2) is 6.56. The third-order valence-electron chi connectivity index (χ3n) is 4.52. The Morgan fingerprint density at radius 2 is 1.92 bits per heavy atom. The van der Waals surface area contributed by atoms with E-state index in [-0.39, 0.29) is 18.2 Å². The van der Waals surface area contributed by atoms with Crippen LogP contribution in [0.1, 0.15) is 12.8 Å². The number of carbonyl (C=O) groups excluding carboxylic acids is 1. The van der Waals surface area contributed by atoms with Gasteiger partial charge in [0.15, 0.2) is 0 Å². The van der Waals surface area contributed by atoms with E-state index in [1.165, 1.54) is 12.8 Å². The van der Waals surface area contributed by atoms with Crippen LogP contribution in [-0.4, -0.2) is 55.4 Å². The van der Waals surface area contributed by atoms with E-state index in [9.17, 15) is 13.2 Å². The standard InChI is InChI=1S/C17H19N5O3S/c23-17(13-3-5-16-20-26(24,25)10-9-22(16)12-13)19-14-4-6-15(18-11-14)21-7-1-2-8-21/h3-6,11-12H,1-2,7-10H2,(H,19,23). The number of carbonyl (C=O) groups is 1. The fraction of sp³-hybridized carbons (Fsp3) is 0.353. The number of fused-ring (bicyclic) bond motifs is 1. The van der Waals surface area contributed by atoms with Crippen molar-refractivity contribution in [1.82, 2.24) is 9.88 Å². The Kier molecular flexibility index (Phi) is 4.23. The van der Waals surface area contributed by atoms with Crippen LogP contribution < -0.4 is 10.2 Å². The average molecular weight is 373 g/mol. The molecule has 1 fully saturated rings. The maximum absolute atomic E-state index is 12.5. The molecule has 4 heterocycles. The Morgan fingerprint density at radius 3 is 2.65 bits per heavy atom. The molecule has 0 bridgehead atoms. The summed E-state index contributed by atoms with van der Waals surface area (Å²) in [6, 6.07) is 3.75. The van der Waals surface area contributed by atoms with Gasteiger partial charge in [-0.2, -0.15) is 0 Å². The van der Waals surface area contributed by atoms with Crippen LogP contribution in [0, 0.1) is 0 Å². The van der Waals surface area contributed by atoms with Crippen LogP contribution >= 0.6 is 0 Å². The molecule has 0 saturated carbocycles. The minimum atomic E-state index is -3.40. The Balaban J connectivity index is 1.44. The quantitative estimate of drug-likeness (QED) is 0.853. The van der Waals surface area contributed by atoms with Crippen molar-refractivity contribution in [3.05, 3.63) is 42.3 Å². The molecule has 1 aromatic heterocycles. The van der Waals surface area contributed by atoms with Gasteiger partial charge in [-0.25, -0.2) is 13.4 Å². The van der Waals surface area contributed by atoms with Crippen LogP contribution in [0.25, 0.3) is 0 Å². The summed E-state index contributed by atoms with van der Waals surface area (Å²) in [5, 5.41) is 2.82. The molecule has 8 nitrogen and oxygen atoms in total. The van der Waals surface area contributed by atoms with E-state index in [4.69, 9.17) is 0 Å². The molecule has 3 aliphatic rings. The summed E-state index contributed by atoms with van der Waals surface area (Å²) in [6.07, 6.45) is 8.75. The molecule has 4 rings (SSSR count). The summed E-state index contributed by atoms with van der Waals surface area (Å²) in [5.74, 6) is 0.930. The van der Waals surface area contributed by atoms with E-state index in [1.54, 1.807) is 29.4 Å². The number of pyridine rings is 1. The van der Waals surface area contributed by atoms with Crippen LogP contribution in [0.4, 0.5) is 11.5 Å². The van der Waals surface area contributed by atoms with Crippen LogP contribution in [0.2, 0.25) is 0 Å². The molecule has 1 N–H and O–H groups in total. The van der Waals surface area contributed by atoms with Gasteiger partial charge < -0.3 is 15.1 Å². The molecule has 3 aliphatic heterocycles. The largest absolute Gasteiger partial charge is 0.357 e. The molecule has 0 aromatic carbocycles. The number of nitrogens with one attached hydrogen (secondary N) is 1. The zero-order chi connectivity index (χ0) is 18.1. The van der Waals surface area contributed by atoms with Crippen molar-refractivity contribution in [3.8, 4) is 0 Å². The molecular formula is C17H19N5O3S. The molecule has 136 valence electrons. The lowest BCUT2D eigenvalue weighted by Gasteiger charge is -2.26. The first-order valence-electron chi connectivity index (χ1n) is 8.52. The number of amides is 1. The molecule has 1 aromatic rings. The highest BCUT2D eigenvalue weighted by molar-refractivity contribution is 7.90. The summed E-state index contributed by atoms with van der Waals surface area (Å²) >= 11 is 0. The van der Waals surface area contributed by atoms with Gasteiger partial charge in [0.05, 0.1) is 23.2 Å². The first-order valence-corrected chi connectivity index (χ1v) is 10.1. The number of sulfonamides is 1. The predicted octanol–water partition coefficient (Wildman–Crippen LogP) is 1.12. The third-order valence-corrected chi connectivity index (χ3v) is 5.69. The van der Waals surface area contributed by atoms with E-state index in [2.05, 4.69) is 19.6 Å². The first-order chi connectivity index (χ1) is 12.5. The van der Waals surface area contributed by atoms with E-state index < -0.39 is 10.0 Å². The zero-order valence-corrected chi connectivity index (χ0v) is 14.9. The van der Waals surface area contributed by atoms with Crippen molar-refractivity contribution in [3.63, 3.8) is 0 Å². The molecule has 1 saturated heterocycles. The summed E-state index contributed by atoms with van der Waals surface area (Å²) in [5.41, 5.74) is 1.06. The highest BCUT2D eigenvalue weighted by Crippen LogP contribution is 2.20. The number of amidine groups is 1. The van der Waals surface area contributed by atoms with Gasteiger partial charge in [-0.15, -0.1) is 4.40 Å². The molecule has 0 aliphatic carbocycles. The molecule has 26 heavy (non-hydrogen) atoms. The Morgan fingerprint density at radius 1 is 1.12 bits per heavy atom. The number of hydrogen-bond acceptors (Lipinski definition) is 6. The molecule has 0 atom stereocenters. The summed E-state index contributed by atoms with van der Waals surface area (Å²) < 4.78 is 26.8. The maximum Gasteiger partial charge on any atom is 0.257 e. The van der Waals surface area contributed by atoms with Gasteiger partial charge in [-0.1, -0.05) is 0 Å². The van der Waals surface area contributed by atoms with Crippen molar-refractivity contribution < 1.29 is 13.2 Å². The Labute approximate surface area is 152 Å². The van der Waals surface area contributed by atoms with E-state index in [1.807, 2.05) is 12.1 Å². The normalized spacial score (nSPS) is 21.1. The second-order valence-corrected chi connectivity index (χ2v) is 8.15. The molecular weight excluding hydrogens is 354 g/mol. The van der Waals surface area contributed by atoms with Gasteiger partial charge in [0.25, 0.3) is 15.9 Å². The SMILES string of the molecule is O=C(Nc1ccc(N2CCCC2)nc1)C1=CN2CCS(=O)(=O)N=C2C=C1. The minimum absolute atomic E-state index is 0.0579. The van der Waals surface area contributed by atoms with Gasteiger partial charge in [0.2, 0.25) is 0 Å². The third kappa shape index (κ3) is 3.48. The number of anilines is 2. The number of nitrogens with zero attached hydrogens (tertiary/aromatic N) is 4. The zero-order valence-electron chi connectivity index (χ0n) is 14.1. The van der Waals surface area contributed by atoms with Gasteiger partial charge in [-0.05, 0) is 37.1 Å². The fourth-order valence-corrected chi connectivity index (χ4v) is 4.10. The molecule has 9 heteroatoms. The van der Waals surface area contributed by atoms with Crippen molar-refractivity contribution in [2.45, 2.75) is 12.8 Å². The van der Waals surface area contributed by atoms with Crippen molar-refractivity contribution in [2.24, 2.45) is 4.40 Å².